The van der Waals surface area contributed by atoms with Crippen LogP contribution in [0.4, 0.5) is 0 Å². The standard InChI is InChI=1S/C10H17N3O/c1-10(2,3)6-8(14)5-9-11-7-12-13(9)4/h7H,5-6H2,1-4H3. The van der Waals surface area contributed by atoms with Crippen LogP contribution in [0.1, 0.15) is 33.0 Å². The van der Waals surface area contributed by atoms with E-state index in [1.165, 1.54) is 6.33 Å². The predicted molar refractivity (Wildman–Crippen MR) is 53.8 cm³/mol. The van der Waals surface area contributed by atoms with Crippen molar-refractivity contribution in [3.05, 3.63) is 12.2 Å². The second-order valence-electron chi connectivity index (χ2n) is 4.75. The molecule has 0 spiro atoms. The Kier molecular flexibility index (Phi) is 3.03. The highest BCUT2D eigenvalue weighted by atomic mass is 16.1. The van der Waals surface area contributed by atoms with Crippen LogP contribution < -0.4 is 0 Å². The molecule has 0 atom stereocenters. The predicted octanol–water partition coefficient (Wildman–Crippen LogP) is 1.36. The van der Waals surface area contributed by atoms with E-state index in [2.05, 4.69) is 30.9 Å². The molecule has 0 aliphatic carbocycles. The number of carbonyl (C=O) groups excluding carboxylic acids is 1. The molecule has 1 aromatic rings. The van der Waals surface area contributed by atoms with Gasteiger partial charge in [0.2, 0.25) is 0 Å². The van der Waals surface area contributed by atoms with Crippen LogP contribution in [0.2, 0.25) is 0 Å². The average Bonchev–Trinajstić information content (AvgIpc) is 2.32. The lowest BCUT2D eigenvalue weighted by Gasteiger charge is -2.16. The fourth-order valence-corrected chi connectivity index (χ4v) is 1.31. The zero-order chi connectivity index (χ0) is 10.8. The topological polar surface area (TPSA) is 47.8 Å². The molecule has 0 aliphatic rings. The lowest BCUT2D eigenvalue weighted by atomic mass is 9.89. The minimum Gasteiger partial charge on any atom is -0.299 e. The van der Waals surface area contributed by atoms with Crippen molar-refractivity contribution >= 4 is 5.78 Å². The van der Waals surface area contributed by atoms with E-state index in [-0.39, 0.29) is 11.2 Å². The van der Waals surface area contributed by atoms with Gasteiger partial charge in [-0.15, -0.1) is 0 Å². The van der Waals surface area contributed by atoms with Gasteiger partial charge in [-0.25, -0.2) is 4.98 Å². The second kappa shape index (κ2) is 3.90. The van der Waals surface area contributed by atoms with Crippen molar-refractivity contribution in [1.82, 2.24) is 14.8 Å². The van der Waals surface area contributed by atoms with E-state index < -0.39 is 0 Å². The van der Waals surface area contributed by atoms with Gasteiger partial charge < -0.3 is 0 Å². The molecule has 0 amide bonds. The van der Waals surface area contributed by atoms with E-state index in [0.29, 0.717) is 12.8 Å². The van der Waals surface area contributed by atoms with Gasteiger partial charge >= 0.3 is 0 Å². The van der Waals surface area contributed by atoms with Crippen LogP contribution in [0.15, 0.2) is 6.33 Å². The lowest BCUT2D eigenvalue weighted by Crippen LogP contribution is -2.16. The summed E-state index contributed by atoms with van der Waals surface area (Å²) in [5.74, 6) is 0.952. The fraction of sp³-hybridized carbons (Fsp3) is 0.700. The summed E-state index contributed by atoms with van der Waals surface area (Å²) in [7, 11) is 1.80. The number of hydrogen-bond acceptors (Lipinski definition) is 3. The molecule has 14 heavy (non-hydrogen) atoms. The molecule has 0 aliphatic heterocycles. The summed E-state index contributed by atoms with van der Waals surface area (Å²) in [5.41, 5.74) is 0.0513. The molecular formula is C10H17N3O. The Hall–Kier alpha value is -1.19. The summed E-state index contributed by atoms with van der Waals surface area (Å²) >= 11 is 0. The molecule has 1 aromatic heterocycles. The number of aryl methyl sites for hydroxylation is 1. The van der Waals surface area contributed by atoms with Gasteiger partial charge in [-0.2, -0.15) is 5.10 Å². The third-order valence-electron chi connectivity index (χ3n) is 1.89. The van der Waals surface area contributed by atoms with Crippen LogP contribution in [0.3, 0.4) is 0 Å². The first-order chi connectivity index (χ1) is 6.38. The SMILES string of the molecule is Cn1ncnc1CC(=O)CC(C)(C)C. The first kappa shape index (κ1) is 10.9. The molecule has 0 unspecified atom stereocenters. The van der Waals surface area contributed by atoms with Crippen LogP contribution in [-0.4, -0.2) is 20.5 Å². The monoisotopic (exact) mass is 195 g/mol. The van der Waals surface area contributed by atoms with Crippen molar-refractivity contribution in [3.63, 3.8) is 0 Å². The summed E-state index contributed by atoms with van der Waals surface area (Å²) in [6, 6.07) is 0. The molecule has 1 rings (SSSR count). The molecule has 0 N–H and O–H groups in total. The van der Waals surface area contributed by atoms with Crippen molar-refractivity contribution in [2.45, 2.75) is 33.6 Å². The maximum absolute atomic E-state index is 11.6. The van der Waals surface area contributed by atoms with Gasteiger partial charge in [0, 0.05) is 13.5 Å². The van der Waals surface area contributed by atoms with Gasteiger partial charge in [0.25, 0.3) is 0 Å². The summed E-state index contributed by atoms with van der Waals surface area (Å²) in [6.45, 7) is 6.17. The Morgan fingerprint density at radius 3 is 2.57 bits per heavy atom. The smallest absolute Gasteiger partial charge is 0.140 e. The molecule has 0 bridgehead atoms. The van der Waals surface area contributed by atoms with Crippen molar-refractivity contribution in [2.75, 3.05) is 0 Å². The van der Waals surface area contributed by atoms with Crippen LogP contribution in [-0.2, 0) is 18.3 Å². The van der Waals surface area contributed by atoms with Crippen LogP contribution in [0.25, 0.3) is 0 Å². The molecule has 4 heteroatoms. The number of rotatable bonds is 3. The van der Waals surface area contributed by atoms with Crippen molar-refractivity contribution in [2.24, 2.45) is 12.5 Å². The molecule has 78 valence electrons. The normalized spacial score (nSPS) is 11.7. The zero-order valence-electron chi connectivity index (χ0n) is 9.24. The maximum Gasteiger partial charge on any atom is 0.140 e. The van der Waals surface area contributed by atoms with E-state index in [0.717, 1.165) is 5.82 Å². The highest BCUT2D eigenvalue weighted by Crippen LogP contribution is 2.19. The summed E-state index contributed by atoms with van der Waals surface area (Å²) < 4.78 is 1.64. The molecule has 0 radical (unpaired) electrons. The van der Waals surface area contributed by atoms with E-state index in [9.17, 15) is 4.79 Å². The Balaban J connectivity index is 2.54. The second-order valence-corrected chi connectivity index (χ2v) is 4.75. The van der Waals surface area contributed by atoms with E-state index in [1.807, 2.05) is 0 Å². The number of hydrogen-bond donors (Lipinski definition) is 0. The van der Waals surface area contributed by atoms with Gasteiger partial charge in [0.05, 0.1) is 6.42 Å². The summed E-state index contributed by atoms with van der Waals surface area (Å²) in [5, 5.41) is 3.92. The molecule has 1 heterocycles. The molecule has 0 saturated heterocycles. The van der Waals surface area contributed by atoms with E-state index in [4.69, 9.17) is 0 Å². The van der Waals surface area contributed by atoms with Gasteiger partial charge in [-0.3, -0.25) is 9.48 Å². The van der Waals surface area contributed by atoms with E-state index in [1.54, 1.807) is 11.7 Å². The quantitative estimate of drug-likeness (QED) is 0.731. The first-order valence-corrected chi connectivity index (χ1v) is 4.73. The summed E-state index contributed by atoms with van der Waals surface area (Å²) in [6.07, 6.45) is 2.44. The van der Waals surface area contributed by atoms with E-state index >= 15 is 0 Å². The number of carbonyl (C=O) groups is 1. The molecular weight excluding hydrogens is 178 g/mol. The largest absolute Gasteiger partial charge is 0.299 e. The number of nitrogens with zero attached hydrogens (tertiary/aromatic N) is 3. The highest BCUT2D eigenvalue weighted by Gasteiger charge is 2.17. The fourth-order valence-electron chi connectivity index (χ4n) is 1.31. The average molecular weight is 195 g/mol. The van der Waals surface area contributed by atoms with Crippen LogP contribution in [0.5, 0.6) is 0 Å². The molecule has 0 fully saturated rings. The Morgan fingerprint density at radius 1 is 1.50 bits per heavy atom. The minimum atomic E-state index is 0.0513. The lowest BCUT2D eigenvalue weighted by molar-refractivity contribution is -0.120. The van der Waals surface area contributed by atoms with Crippen molar-refractivity contribution in [1.29, 1.82) is 0 Å². The minimum absolute atomic E-state index is 0.0513. The summed E-state index contributed by atoms with van der Waals surface area (Å²) in [4.78, 5) is 15.6. The molecule has 0 saturated carbocycles. The number of ketones is 1. The highest BCUT2D eigenvalue weighted by molar-refractivity contribution is 5.80. The van der Waals surface area contributed by atoms with Crippen molar-refractivity contribution < 1.29 is 4.79 Å². The first-order valence-electron chi connectivity index (χ1n) is 4.73. The maximum atomic E-state index is 11.6. The van der Waals surface area contributed by atoms with Gasteiger partial charge in [-0.1, -0.05) is 20.8 Å². The number of aromatic nitrogens is 3. The van der Waals surface area contributed by atoms with Crippen LogP contribution in [0, 0.1) is 5.41 Å². The third kappa shape index (κ3) is 3.28. The zero-order valence-corrected chi connectivity index (χ0v) is 9.24. The Morgan fingerprint density at radius 2 is 2.14 bits per heavy atom. The van der Waals surface area contributed by atoms with Gasteiger partial charge in [-0.05, 0) is 5.41 Å². The Bertz CT molecular complexity index is 322. The van der Waals surface area contributed by atoms with Gasteiger partial charge in [0.15, 0.2) is 0 Å². The third-order valence-corrected chi connectivity index (χ3v) is 1.89. The van der Waals surface area contributed by atoms with Crippen molar-refractivity contribution in [3.8, 4) is 0 Å². The van der Waals surface area contributed by atoms with Gasteiger partial charge in [0.1, 0.15) is 17.9 Å². The molecule has 4 nitrogen and oxygen atoms in total. The molecule has 0 aromatic carbocycles. The van der Waals surface area contributed by atoms with Crippen LogP contribution >= 0.6 is 0 Å². The Labute approximate surface area is 84.3 Å². The number of Topliss-reactive ketones (excluding diaryl/α,β-unsaturated/α-hetero) is 1.